The first-order chi connectivity index (χ1) is 12.4. The average molecular weight is 379 g/mol. The lowest BCUT2D eigenvalue weighted by molar-refractivity contribution is -0.148. The van der Waals surface area contributed by atoms with Crippen molar-refractivity contribution in [2.75, 3.05) is 17.7 Å². The molecule has 0 saturated carbocycles. The molecule has 0 bridgehead atoms. The summed E-state index contributed by atoms with van der Waals surface area (Å²) in [5.74, 6) is 0.733. The minimum atomic E-state index is -0.523. The first kappa shape index (κ1) is 20.6. The van der Waals surface area contributed by atoms with Crippen LogP contribution in [0.3, 0.4) is 0 Å². The van der Waals surface area contributed by atoms with E-state index >= 15 is 0 Å². The molecule has 1 fully saturated rings. The van der Waals surface area contributed by atoms with Crippen LogP contribution in [0.2, 0.25) is 0 Å². The van der Waals surface area contributed by atoms with Crippen LogP contribution in [0, 0.1) is 12.8 Å². The quantitative estimate of drug-likeness (QED) is 0.554. The minimum Gasteiger partial charge on any atom is -0.464 e. The molecule has 1 heterocycles. The van der Waals surface area contributed by atoms with Crippen molar-refractivity contribution in [1.29, 1.82) is 0 Å². The Hall–Kier alpha value is -1.69. The van der Waals surface area contributed by atoms with Gasteiger partial charge in [0.2, 0.25) is 0 Å². The van der Waals surface area contributed by atoms with Gasteiger partial charge in [-0.25, -0.2) is 9.59 Å². The SMILES string of the molecule is CCCCOC(=O)C1CSC(CC(C)C)N1C(=O)Nc1cccc(C)c1. The van der Waals surface area contributed by atoms with E-state index in [4.69, 9.17) is 4.74 Å². The predicted molar refractivity (Wildman–Crippen MR) is 107 cm³/mol. The number of benzene rings is 1. The smallest absolute Gasteiger partial charge is 0.329 e. The second-order valence-corrected chi connectivity index (χ2v) is 8.37. The van der Waals surface area contributed by atoms with Crippen molar-refractivity contribution in [3.63, 3.8) is 0 Å². The van der Waals surface area contributed by atoms with Crippen molar-refractivity contribution in [3.8, 4) is 0 Å². The van der Waals surface area contributed by atoms with Crippen LogP contribution in [0.4, 0.5) is 10.5 Å². The normalized spacial score (nSPS) is 19.7. The Kier molecular flexibility index (Phi) is 7.82. The number of nitrogens with zero attached hydrogens (tertiary/aromatic N) is 1. The van der Waals surface area contributed by atoms with E-state index in [0.29, 0.717) is 18.3 Å². The molecule has 5 nitrogen and oxygen atoms in total. The number of esters is 1. The minimum absolute atomic E-state index is 0.0106. The third kappa shape index (κ3) is 5.66. The molecule has 0 aromatic heterocycles. The maximum atomic E-state index is 13.0. The monoisotopic (exact) mass is 378 g/mol. The van der Waals surface area contributed by atoms with Crippen LogP contribution < -0.4 is 5.32 Å². The van der Waals surface area contributed by atoms with Crippen molar-refractivity contribution in [2.45, 2.75) is 58.4 Å². The molecule has 2 unspecified atom stereocenters. The van der Waals surface area contributed by atoms with E-state index in [2.05, 4.69) is 26.1 Å². The van der Waals surface area contributed by atoms with E-state index in [-0.39, 0.29) is 17.4 Å². The Labute approximate surface area is 160 Å². The zero-order valence-electron chi connectivity index (χ0n) is 16.2. The van der Waals surface area contributed by atoms with E-state index in [1.54, 1.807) is 16.7 Å². The summed E-state index contributed by atoms with van der Waals surface area (Å²) in [6.45, 7) is 8.71. The lowest BCUT2D eigenvalue weighted by atomic mass is 10.1. The Morgan fingerprint density at radius 2 is 2.15 bits per heavy atom. The zero-order chi connectivity index (χ0) is 19.1. The summed E-state index contributed by atoms with van der Waals surface area (Å²) in [5.41, 5.74) is 1.82. The maximum absolute atomic E-state index is 13.0. The van der Waals surface area contributed by atoms with Crippen LogP contribution in [0.5, 0.6) is 0 Å². The van der Waals surface area contributed by atoms with E-state index in [0.717, 1.165) is 30.5 Å². The molecule has 0 radical (unpaired) electrons. The molecule has 144 valence electrons. The van der Waals surface area contributed by atoms with E-state index < -0.39 is 6.04 Å². The highest BCUT2D eigenvalue weighted by Crippen LogP contribution is 2.34. The van der Waals surface area contributed by atoms with Crippen molar-refractivity contribution in [2.24, 2.45) is 5.92 Å². The first-order valence-electron chi connectivity index (χ1n) is 9.36. The third-order valence-electron chi connectivity index (χ3n) is 4.28. The molecule has 1 saturated heterocycles. The van der Waals surface area contributed by atoms with Gasteiger partial charge in [-0.2, -0.15) is 0 Å². The Morgan fingerprint density at radius 3 is 2.81 bits per heavy atom. The van der Waals surface area contributed by atoms with Crippen LogP contribution in [0.1, 0.15) is 45.6 Å². The summed E-state index contributed by atoms with van der Waals surface area (Å²) in [5, 5.41) is 2.94. The number of hydrogen-bond acceptors (Lipinski definition) is 4. The Morgan fingerprint density at radius 1 is 1.38 bits per heavy atom. The van der Waals surface area contributed by atoms with Gasteiger partial charge in [0, 0.05) is 11.4 Å². The van der Waals surface area contributed by atoms with Crippen LogP contribution in [-0.2, 0) is 9.53 Å². The fraction of sp³-hybridized carbons (Fsp3) is 0.600. The summed E-state index contributed by atoms with van der Waals surface area (Å²) < 4.78 is 5.40. The van der Waals surface area contributed by atoms with E-state index in [1.807, 2.05) is 31.2 Å². The Bertz CT molecular complexity index is 621. The number of ether oxygens (including phenoxy) is 1. The number of unbranched alkanes of at least 4 members (excludes halogenated alkanes) is 1. The molecule has 0 spiro atoms. The van der Waals surface area contributed by atoms with Gasteiger partial charge in [-0.3, -0.25) is 4.90 Å². The van der Waals surface area contributed by atoms with Gasteiger partial charge in [0.1, 0.15) is 6.04 Å². The third-order valence-corrected chi connectivity index (χ3v) is 5.60. The standard InChI is InChI=1S/C20H30N2O3S/c1-5-6-10-25-19(23)17-13-26-18(11-14(2)3)22(17)20(24)21-16-9-7-8-15(4)12-16/h7-9,12,14,17-18H,5-6,10-11,13H2,1-4H3,(H,21,24). The van der Waals surface area contributed by atoms with Gasteiger partial charge in [-0.05, 0) is 43.4 Å². The lowest BCUT2D eigenvalue weighted by Gasteiger charge is -2.29. The number of rotatable bonds is 7. The molecule has 2 atom stereocenters. The van der Waals surface area contributed by atoms with Crippen LogP contribution in [-0.4, -0.2) is 40.7 Å². The number of carbonyl (C=O) groups is 2. The van der Waals surface area contributed by atoms with Crippen LogP contribution in [0.25, 0.3) is 0 Å². The summed E-state index contributed by atoms with van der Waals surface area (Å²) >= 11 is 1.66. The predicted octanol–water partition coefficient (Wildman–Crippen LogP) is 4.66. The number of anilines is 1. The van der Waals surface area contributed by atoms with Gasteiger partial charge in [-0.15, -0.1) is 11.8 Å². The van der Waals surface area contributed by atoms with Gasteiger partial charge in [-0.1, -0.05) is 39.3 Å². The molecule has 6 heteroatoms. The van der Waals surface area contributed by atoms with E-state index in [9.17, 15) is 9.59 Å². The van der Waals surface area contributed by atoms with Gasteiger partial charge < -0.3 is 10.1 Å². The molecule has 2 rings (SSSR count). The number of carbonyl (C=O) groups excluding carboxylic acids is 2. The number of aryl methyl sites for hydroxylation is 1. The molecule has 26 heavy (non-hydrogen) atoms. The highest BCUT2D eigenvalue weighted by Gasteiger charge is 2.42. The highest BCUT2D eigenvalue weighted by molar-refractivity contribution is 8.00. The van der Waals surface area contributed by atoms with Crippen molar-refractivity contribution >= 4 is 29.4 Å². The maximum Gasteiger partial charge on any atom is 0.329 e. The fourth-order valence-corrected chi connectivity index (χ4v) is 4.55. The van der Waals surface area contributed by atoms with Gasteiger partial charge >= 0.3 is 12.0 Å². The zero-order valence-corrected chi connectivity index (χ0v) is 17.0. The highest BCUT2D eigenvalue weighted by atomic mass is 32.2. The van der Waals surface area contributed by atoms with Crippen LogP contribution in [0.15, 0.2) is 24.3 Å². The molecular formula is C20H30N2O3S. The van der Waals surface area contributed by atoms with Gasteiger partial charge in [0.25, 0.3) is 0 Å². The van der Waals surface area contributed by atoms with Crippen molar-refractivity contribution < 1.29 is 14.3 Å². The second kappa shape index (κ2) is 9.86. The summed E-state index contributed by atoms with van der Waals surface area (Å²) in [6.07, 6.45) is 2.67. The molecule has 1 aromatic carbocycles. The first-order valence-corrected chi connectivity index (χ1v) is 10.4. The molecule has 0 aliphatic carbocycles. The molecular weight excluding hydrogens is 348 g/mol. The van der Waals surface area contributed by atoms with Gasteiger partial charge in [0.15, 0.2) is 0 Å². The topological polar surface area (TPSA) is 58.6 Å². The van der Waals surface area contributed by atoms with Crippen molar-refractivity contribution in [3.05, 3.63) is 29.8 Å². The Balaban J connectivity index is 2.12. The van der Waals surface area contributed by atoms with Crippen LogP contribution >= 0.6 is 11.8 Å². The largest absolute Gasteiger partial charge is 0.464 e. The summed E-state index contributed by atoms with van der Waals surface area (Å²) in [6, 6.07) is 6.92. The number of hydrogen-bond donors (Lipinski definition) is 1. The van der Waals surface area contributed by atoms with E-state index in [1.165, 1.54) is 0 Å². The molecule has 1 aliphatic rings. The molecule has 1 aromatic rings. The summed E-state index contributed by atoms with van der Waals surface area (Å²) in [7, 11) is 0. The van der Waals surface area contributed by atoms with Gasteiger partial charge in [0.05, 0.1) is 12.0 Å². The van der Waals surface area contributed by atoms with Crippen molar-refractivity contribution in [1.82, 2.24) is 4.90 Å². The average Bonchev–Trinajstić information content (AvgIpc) is 2.98. The number of amides is 2. The second-order valence-electron chi connectivity index (χ2n) is 7.16. The number of thioether (sulfide) groups is 1. The number of nitrogens with one attached hydrogen (secondary N) is 1. The molecule has 2 amide bonds. The molecule has 1 aliphatic heterocycles. The lowest BCUT2D eigenvalue weighted by Crippen LogP contribution is -2.48. The summed E-state index contributed by atoms with van der Waals surface area (Å²) in [4.78, 5) is 27.2. The molecule has 1 N–H and O–H groups in total. The fourth-order valence-electron chi connectivity index (χ4n) is 2.93. The number of urea groups is 1.